The molecule has 0 bridgehead atoms. The number of likely N-dealkylation sites (N-methyl/N-ethyl adjacent to an activating group) is 2. The van der Waals surface area contributed by atoms with Crippen LogP contribution in [0.2, 0.25) is 0 Å². The van der Waals surface area contributed by atoms with Crippen molar-refractivity contribution in [1.82, 2.24) is 19.5 Å². The van der Waals surface area contributed by atoms with E-state index >= 15 is 0 Å². The zero-order valence-electron chi connectivity index (χ0n) is 15.9. The smallest absolute Gasteiger partial charge is 0.251 e. The number of carbonyl (C=O) groups is 1. The Morgan fingerprint density at radius 1 is 1.00 bits per heavy atom. The summed E-state index contributed by atoms with van der Waals surface area (Å²) in [6, 6.07) is 9.75. The van der Waals surface area contributed by atoms with Crippen LogP contribution < -0.4 is 5.32 Å². The van der Waals surface area contributed by atoms with Crippen molar-refractivity contribution >= 4 is 15.9 Å². The van der Waals surface area contributed by atoms with Crippen molar-refractivity contribution in [2.75, 3.05) is 40.8 Å². The maximum atomic E-state index is 12.7. The van der Waals surface area contributed by atoms with Crippen LogP contribution in [0.5, 0.6) is 0 Å². The first-order chi connectivity index (χ1) is 12.8. The molecule has 27 heavy (non-hydrogen) atoms. The van der Waals surface area contributed by atoms with Gasteiger partial charge in [0.2, 0.25) is 10.0 Å². The van der Waals surface area contributed by atoms with Gasteiger partial charge in [0.15, 0.2) is 0 Å². The van der Waals surface area contributed by atoms with Gasteiger partial charge in [-0.15, -0.1) is 0 Å². The van der Waals surface area contributed by atoms with Crippen LogP contribution in [0.4, 0.5) is 0 Å². The van der Waals surface area contributed by atoms with Crippen molar-refractivity contribution in [3.8, 4) is 0 Å². The lowest BCUT2D eigenvalue weighted by Gasteiger charge is -2.17. The van der Waals surface area contributed by atoms with Crippen molar-refractivity contribution in [1.29, 1.82) is 0 Å². The van der Waals surface area contributed by atoms with Gasteiger partial charge >= 0.3 is 0 Å². The lowest BCUT2D eigenvalue weighted by molar-refractivity contribution is 0.0951. The molecule has 1 heterocycles. The van der Waals surface area contributed by atoms with Crippen LogP contribution in [-0.4, -0.2) is 69.3 Å². The highest BCUT2D eigenvalue weighted by Gasteiger charge is 2.20. The maximum Gasteiger partial charge on any atom is 0.251 e. The summed E-state index contributed by atoms with van der Waals surface area (Å²) in [6.45, 7) is 1.63. The molecule has 0 aliphatic rings. The molecule has 8 heteroatoms. The third kappa shape index (κ3) is 6.13. The molecular formula is C19H26N4O3S. The molecule has 0 aliphatic heterocycles. The molecule has 2 rings (SSSR count). The Labute approximate surface area is 161 Å². The lowest BCUT2D eigenvalue weighted by atomic mass is 10.2. The van der Waals surface area contributed by atoms with Crippen molar-refractivity contribution in [2.24, 2.45) is 0 Å². The number of benzene rings is 1. The average Bonchev–Trinajstić information content (AvgIpc) is 2.66. The molecule has 0 saturated carbocycles. The molecular weight excluding hydrogens is 364 g/mol. The number of nitrogens with zero attached hydrogens (tertiary/aromatic N) is 3. The van der Waals surface area contributed by atoms with Gasteiger partial charge < -0.3 is 10.2 Å². The number of pyridine rings is 1. The minimum atomic E-state index is -3.60. The fraction of sp³-hybridized carbons (Fsp3) is 0.368. The second-order valence-electron chi connectivity index (χ2n) is 6.52. The van der Waals surface area contributed by atoms with Gasteiger partial charge in [-0.05, 0) is 62.5 Å². The van der Waals surface area contributed by atoms with Crippen molar-refractivity contribution in [2.45, 2.75) is 11.3 Å². The Morgan fingerprint density at radius 3 is 2.22 bits per heavy atom. The van der Waals surface area contributed by atoms with E-state index in [0.717, 1.165) is 12.1 Å². The molecule has 1 aromatic carbocycles. The third-order valence-electron chi connectivity index (χ3n) is 4.13. The number of hydrogen-bond acceptors (Lipinski definition) is 5. The number of rotatable bonds is 9. The maximum absolute atomic E-state index is 12.7. The second-order valence-corrected chi connectivity index (χ2v) is 8.56. The standard InChI is InChI=1S/C19H26N4O3S/c1-22(2)15-13-21-19(24)17-4-6-18(7-5-17)27(25,26)23(3)14-10-16-8-11-20-12-9-16/h4-9,11-12H,10,13-15H2,1-3H3,(H,21,24). The zero-order valence-corrected chi connectivity index (χ0v) is 16.7. The van der Waals surface area contributed by atoms with E-state index in [0.29, 0.717) is 25.1 Å². The number of sulfonamides is 1. The Balaban J connectivity index is 1.98. The van der Waals surface area contributed by atoms with E-state index in [-0.39, 0.29) is 10.8 Å². The summed E-state index contributed by atoms with van der Waals surface area (Å²) in [5.41, 5.74) is 1.46. The van der Waals surface area contributed by atoms with E-state index in [9.17, 15) is 13.2 Å². The predicted molar refractivity (Wildman–Crippen MR) is 105 cm³/mol. The molecule has 2 aromatic rings. The Kier molecular flexibility index (Phi) is 7.46. The number of amides is 1. The number of carbonyl (C=O) groups excluding carboxylic acids is 1. The summed E-state index contributed by atoms with van der Waals surface area (Å²) in [5.74, 6) is -0.216. The highest BCUT2D eigenvalue weighted by molar-refractivity contribution is 7.89. The molecule has 7 nitrogen and oxygen atoms in total. The molecule has 0 saturated heterocycles. The van der Waals surface area contributed by atoms with Crippen LogP contribution >= 0.6 is 0 Å². The molecule has 1 amide bonds. The first kappa shape index (κ1) is 21.0. The van der Waals surface area contributed by atoms with E-state index in [1.165, 1.54) is 28.6 Å². The Morgan fingerprint density at radius 2 is 1.63 bits per heavy atom. The van der Waals surface area contributed by atoms with Gasteiger partial charge in [-0.1, -0.05) is 0 Å². The molecule has 1 N–H and O–H groups in total. The van der Waals surface area contributed by atoms with Crippen molar-refractivity contribution in [3.05, 3.63) is 59.9 Å². The summed E-state index contributed by atoms with van der Waals surface area (Å²) in [4.78, 5) is 18.2. The SMILES string of the molecule is CN(C)CCNC(=O)c1ccc(S(=O)(=O)N(C)CCc2ccncc2)cc1. The van der Waals surface area contributed by atoms with Crippen molar-refractivity contribution in [3.63, 3.8) is 0 Å². The summed E-state index contributed by atoms with van der Waals surface area (Å²) in [6.07, 6.45) is 3.98. The zero-order chi connectivity index (χ0) is 19.9. The monoisotopic (exact) mass is 390 g/mol. The Bertz CT molecular complexity index is 837. The van der Waals surface area contributed by atoms with E-state index in [1.54, 1.807) is 19.4 Å². The van der Waals surface area contributed by atoms with E-state index < -0.39 is 10.0 Å². The van der Waals surface area contributed by atoms with Gasteiger partial charge in [-0.2, -0.15) is 0 Å². The normalized spacial score (nSPS) is 11.7. The van der Waals surface area contributed by atoms with Crippen molar-refractivity contribution < 1.29 is 13.2 Å². The van der Waals surface area contributed by atoms with Gasteiger partial charge in [-0.3, -0.25) is 9.78 Å². The topological polar surface area (TPSA) is 82.6 Å². The minimum Gasteiger partial charge on any atom is -0.351 e. The largest absolute Gasteiger partial charge is 0.351 e. The van der Waals surface area contributed by atoms with E-state index in [4.69, 9.17) is 0 Å². The first-order valence-electron chi connectivity index (χ1n) is 8.69. The summed E-state index contributed by atoms with van der Waals surface area (Å²) < 4.78 is 26.7. The van der Waals surface area contributed by atoms with Crippen LogP contribution in [0.25, 0.3) is 0 Å². The molecule has 0 aliphatic carbocycles. The lowest BCUT2D eigenvalue weighted by Crippen LogP contribution is -2.31. The van der Waals surface area contributed by atoms with Gasteiger partial charge in [0.05, 0.1) is 4.90 Å². The molecule has 0 atom stereocenters. The quantitative estimate of drug-likeness (QED) is 0.697. The number of aromatic nitrogens is 1. The Hall–Kier alpha value is -2.29. The van der Waals surface area contributed by atoms with E-state index in [1.807, 2.05) is 31.1 Å². The van der Waals surface area contributed by atoms with Gasteiger partial charge in [-0.25, -0.2) is 12.7 Å². The van der Waals surface area contributed by atoms with Gasteiger partial charge in [0, 0.05) is 44.6 Å². The molecule has 0 spiro atoms. The molecule has 0 fully saturated rings. The first-order valence-corrected chi connectivity index (χ1v) is 10.1. The summed E-state index contributed by atoms with van der Waals surface area (Å²) in [7, 11) is 1.81. The summed E-state index contributed by atoms with van der Waals surface area (Å²) >= 11 is 0. The average molecular weight is 391 g/mol. The number of nitrogens with one attached hydrogen (secondary N) is 1. The molecule has 146 valence electrons. The highest BCUT2D eigenvalue weighted by Crippen LogP contribution is 2.16. The summed E-state index contributed by atoms with van der Waals surface area (Å²) in [5, 5.41) is 2.80. The van der Waals surface area contributed by atoms with Crippen LogP contribution in [0.1, 0.15) is 15.9 Å². The van der Waals surface area contributed by atoms with E-state index in [2.05, 4.69) is 10.3 Å². The molecule has 0 unspecified atom stereocenters. The minimum absolute atomic E-state index is 0.171. The fourth-order valence-corrected chi connectivity index (χ4v) is 3.58. The second kappa shape index (κ2) is 9.59. The van der Waals surface area contributed by atoms with Crippen LogP contribution in [0, 0.1) is 0 Å². The van der Waals surface area contributed by atoms with Crippen LogP contribution in [0.3, 0.4) is 0 Å². The van der Waals surface area contributed by atoms with Gasteiger partial charge in [0.25, 0.3) is 5.91 Å². The predicted octanol–water partition coefficient (Wildman–Crippen LogP) is 1.24. The molecule has 0 radical (unpaired) electrons. The third-order valence-corrected chi connectivity index (χ3v) is 6.01. The van der Waals surface area contributed by atoms with Crippen LogP contribution in [0.15, 0.2) is 53.7 Å². The number of hydrogen-bond donors (Lipinski definition) is 1. The fourth-order valence-electron chi connectivity index (χ4n) is 2.41. The molecule has 1 aromatic heterocycles. The van der Waals surface area contributed by atoms with Gasteiger partial charge in [0.1, 0.15) is 0 Å². The van der Waals surface area contributed by atoms with Crippen LogP contribution in [-0.2, 0) is 16.4 Å². The highest BCUT2D eigenvalue weighted by atomic mass is 32.2.